The number of amides is 3. The van der Waals surface area contributed by atoms with Crippen molar-refractivity contribution in [3.63, 3.8) is 0 Å². The molecular formula is C44H50Cl2N6O7S2. The summed E-state index contributed by atoms with van der Waals surface area (Å²) < 4.78 is 40.8. The van der Waals surface area contributed by atoms with E-state index < -0.39 is 56.7 Å². The molecule has 0 radical (unpaired) electrons. The lowest BCUT2D eigenvalue weighted by Crippen LogP contribution is -2.57. The lowest BCUT2D eigenvalue weighted by molar-refractivity contribution is -0.140. The summed E-state index contributed by atoms with van der Waals surface area (Å²) in [6.07, 6.45) is 8.11. The molecule has 61 heavy (non-hydrogen) atoms. The number of thiazole rings is 1. The summed E-state index contributed by atoms with van der Waals surface area (Å²) in [6.45, 7) is 6.15. The molecule has 2 aromatic heterocycles. The molecule has 0 bridgehead atoms. The molecule has 1 saturated heterocycles. The third kappa shape index (κ3) is 9.07. The number of anilines is 1. The molecule has 3 N–H and O–H groups in total. The van der Waals surface area contributed by atoms with Gasteiger partial charge in [-0.15, -0.1) is 11.3 Å². The number of hydrogen-bond donors (Lipinski definition) is 3. The van der Waals surface area contributed by atoms with Gasteiger partial charge in [0.15, 0.2) is 0 Å². The van der Waals surface area contributed by atoms with Gasteiger partial charge in [0.25, 0.3) is 5.91 Å². The fourth-order valence-corrected chi connectivity index (χ4v) is 10.9. The molecule has 2 aliphatic carbocycles. The van der Waals surface area contributed by atoms with Crippen molar-refractivity contribution in [1.29, 1.82) is 0 Å². The Hall–Kier alpha value is -4.44. The molecule has 0 unspecified atom stereocenters. The second-order valence-electron chi connectivity index (χ2n) is 16.8. The summed E-state index contributed by atoms with van der Waals surface area (Å²) >= 11 is 14.1. The van der Waals surface area contributed by atoms with Crippen molar-refractivity contribution in [3.8, 4) is 22.2 Å². The van der Waals surface area contributed by atoms with Gasteiger partial charge in [-0.05, 0) is 81.7 Å². The van der Waals surface area contributed by atoms with E-state index in [0.29, 0.717) is 57.7 Å². The first-order valence-electron chi connectivity index (χ1n) is 20.8. The molecule has 8 rings (SSSR count). The maximum absolute atomic E-state index is 14.9. The molecule has 2 aliphatic heterocycles. The molecule has 3 amide bonds. The molecular weight excluding hydrogens is 860 g/mol. The predicted octanol–water partition coefficient (Wildman–Crippen LogP) is 7.94. The van der Waals surface area contributed by atoms with Gasteiger partial charge in [-0.3, -0.25) is 19.1 Å². The van der Waals surface area contributed by atoms with E-state index in [1.165, 1.54) is 16.2 Å². The van der Waals surface area contributed by atoms with Gasteiger partial charge in [-0.25, -0.2) is 18.4 Å². The van der Waals surface area contributed by atoms with Gasteiger partial charge in [-0.1, -0.05) is 62.0 Å². The van der Waals surface area contributed by atoms with Gasteiger partial charge in [-0.2, -0.15) is 0 Å². The van der Waals surface area contributed by atoms with E-state index in [1.54, 1.807) is 25.3 Å². The van der Waals surface area contributed by atoms with E-state index in [1.807, 2.05) is 42.7 Å². The van der Waals surface area contributed by atoms with E-state index in [-0.39, 0.29) is 31.2 Å². The van der Waals surface area contributed by atoms with Crippen LogP contribution in [-0.2, 0) is 24.4 Å². The number of pyridine rings is 1. The van der Waals surface area contributed by atoms with Crippen LogP contribution in [0.4, 0.5) is 5.69 Å². The molecule has 4 aliphatic rings. The van der Waals surface area contributed by atoms with Gasteiger partial charge in [0, 0.05) is 40.4 Å². The number of rotatable bonds is 10. The molecule has 2 aromatic carbocycles. The highest BCUT2D eigenvalue weighted by atomic mass is 35.5. The third-order valence-corrected chi connectivity index (χ3v) is 15.5. The largest absolute Gasteiger partial charge is 0.496 e. The van der Waals surface area contributed by atoms with Crippen LogP contribution in [0, 0.1) is 12.8 Å². The number of aryl methyl sites for hydroxylation is 1. The minimum atomic E-state index is -3.90. The summed E-state index contributed by atoms with van der Waals surface area (Å²) in [5.41, 5.74) is 2.16. The minimum absolute atomic E-state index is 0.0537. The maximum atomic E-state index is 14.9. The number of benzene rings is 2. The molecule has 3 fully saturated rings. The van der Waals surface area contributed by atoms with Crippen LogP contribution in [0.1, 0.15) is 88.8 Å². The second-order valence-corrected chi connectivity index (χ2v) is 20.5. The summed E-state index contributed by atoms with van der Waals surface area (Å²) in [5, 5.41) is 9.89. The van der Waals surface area contributed by atoms with E-state index in [4.69, 9.17) is 42.6 Å². The monoisotopic (exact) mass is 908 g/mol. The highest BCUT2D eigenvalue weighted by molar-refractivity contribution is 7.91. The molecule has 17 heteroatoms. The average Bonchev–Trinajstić information content (AvgIpc) is 4.10. The third-order valence-electron chi connectivity index (χ3n) is 12.1. The number of allylic oxidation sites excluding steroid dienone is 1. The summed E-state index contributed by atoms with van der Waals surface area (Å²) in [6, 6.07) is 8.87. The normalized spacial score (nSPS) is 25.2. The summed E-state index contributed by atoms with van der Waals surface area (Å²) in [5.74, 6) is -0.678. The number of carbonyl (C=O) groups excluding carboxylic acids is 3. The zero-order valence-corrected chi connectivity index (χ0v) is 37.6. The second kappa shape index (κ2) is 17.4. The van der Waals surface area contributed by atoms with Crippen molar-refractivity contribution in [2.45, 2.75) is 113 Å². The van der Waals surface area contributed by atoms with Crippen molar-refractivity contribution in [1.82, 2.24) is 24.9 Å². The fraction of sp³-hybridized carbons (Fsp3) is 0.477. The smallest absolute Gasteiger partial charge is 0.259 e. The number of hydrogen-bond acceptors (Lipinski definition) is 11. The number of halogens is 2. The fourth-order valence-electron chi connectivity index (χ4n) is 8.29. The first-order valence-corrected chi connectivity index (χ1v) is 24.0. The quantitative estimate of drug-likeness (QED) is 0.133. The van der Waals surface area contributed by atoms with Gasteiger partial charge in [0.05, 0.1) is 40.2 Å². The number of ether oxygens (including phenoxy) is 2. The van der Waals surface area contributed by atoms with Crippen LogP contribution in [0.3, 0.4) is 0 Å². The number of sulfonamides is 1. The van der Waals surface area contributed by atoms with Crippen LogP contribution < -0.4 is 24.8 Å². The Bertz CT molecular complexity index is 2510. The first-order chi connectivity index (χ1) is 29.2. The molecule has 13 nitrogen and oxygen atoms in total. The number of fused-ring (bicyclic) bond motifs is 3. The number of methoxy groups -OCH3 is 1. The number of carbonyl (C=O) groups is 3. The van der Waals surface area contributed by atoms with E-state index >= 15 is 0 Å². The SMILES string of the molecule is COc1ccc2c(O[C@@H]3C[C@H]4C(=O)N[C@]5(C(=O)NS(=O)(=O)C6CC6)C[C@H]5/C=C\CCCCC[C@H](Nc5ccc(Cl)c(Cl)c5)C(=O)N4C3)cc(-c3nc(C(C)C)cs3)nc2c1C. The summed E-state index contributed by atoms with van der Waals surface area (Å²) in [7, 11) is -2.29. The lowest BCUT2D eigenvalue weighted by Gasteiger charge is -2.30. The van der Waals surface area contributed by atoms with Crippen molar-refractivity contribution < 1.29 is 32.3 Å². The topological polar surface area (TPSA) is 169 Å². The Morgan fingerprint density at radius 1 is 1.03 bits per heavy atom. The van der Waals surface area contributed by atoms with Crippen LogP contribution in [0.15, 0.2) is 53.9 Å². The molecule has 324 valence electrons. The Morgan fingerprint density at radius 2 is 1.84 bits per heavy atom. The zero-order valence-electron chi connectivity index (χ0n) is 34.5. The Labute approximate surface area is 370 Å². The highest BCUT2D eigenvalue weighted by Crippen LogP contribution is 2.46. The van der Waals surface area contributed by atoms with Crippen LogP contribution in [0.2, 0.25) is 10.0 Å². The number of aromatic nitrogens is 2. The summed E-state index contributed by atoms with van der Waals surface area (Å²) in [4.78, 5) is 55.0. The Balaban J connectivity index is 1.16. The molecule has 0 spiro atoms. The maximum Gasteiger partial charge on any atom is 0.259 e. The van der Waals surface area contributed by atoms with Crippen LogP contribution >= 0.6 is 34.5 Å². The van der Waals surface area contributed by atoms with E-state index in [9.17, 15) is 22.8 Å². The number of nitrogens with one attached hydrogen (secondary N) is 3. The number of nitrogens with zero attached hydrogens (tertiary/aromatic N) is 3. The lowest BCUT2D eigenvalue weighted by atomic mass is 10.0. The van der Waals surface area contributed by atoms with Crippen LogP contribution in [0.5, 0.6) is 11.5 Å². The van der Waals surface area contributed by atoms with Crippen molar-refractivity contribution in [3.05, 3.63) is 75.2 Å². The highest BCUT2D eigenvalue weighted by Gasteiger charge is 2.62. The molecule has 5 atom stereocenters. The minimum Gasteiger partial charge on any atom is -0.496 e. The van der Waals surface area contributed by atoms with E-state index in [2.05, 4.69) is 29.2 Å². The van der Waals surface area contributed by atoms with Crippen molar-refractivity contribution >= 4 is 78.9 Å². The predicted molar refractivity (Wildman–Crippen MR) is 238 cm³/mol. The molecule has 4 heterocycles. The zero-order chi connectivity index (χ0) is 43.2. The average molecular weight is 910 g/mol. The Kier molecular flexibility index (Phi) is 12.3. The van der Waals surface area contributed by atoms with E-state index in [0.717, 1.165) is 47.3 Å². The van der Waals surface area contributed by atoms with Crippen molar-refractivity contribution in [2.75, 3.05) is 19.0 Å². The van der Waals surface area contributed by atoms with Crippen LogP contribution in [0.25, 0.3) is 21.6 Å². The standard InChI is InChI=1S/C44H50Cl2N6O7S2/c1-24(2)35-23-60-41(49-35)34-20-38(30-15-17-37(58-4)25(3)39(30)48-34)59-28-19-36-40(53)50-44(43(55)51-61(56,57)29-13-14-29)21-26(44)10-8-6-5-7-9-11-33(42(54)52(36)22-28)47-27-12-16-31(45)32(46)18-27/h8,10,12,15-18,20,23-24,26,28-29,33,36,47H,5-7,9,11,13-14,19,21-22H2,1-4H3,(H,50,53)(H,51,55)/b10-8-/t26-,28-,33+,36+,44-/m1/s1. The molecule has 4 aromatic rings. The first kappa shape index (κ1) is 43.2. The van der Waals surface area contributed by atoms with Crippen LogP contribution in [-0.4, -0.2) is 83.6 Å². The van der Waals surface area contributed by atoms with Gasteiger partial charge in [0.1, 0.15) is 45.9 Å². The Morgan fingerprint density at radius 3 is 2.56 bits per heavy atom. The van der Waals surface area contributed by atoms with Crippen molar-refractivity contribution in [2.24, 2.45) is 5.92 Å². The van der Waals surface area contributed by atoms with Gasteiger partial charge >= 0.3 is 0 Å². The van der Waals surface area contributed by atoms with Gasteiger partial charge < -0.3 is 25.0 Å². The molecule has 2 saturated carbocycles. The van der Waals surface area contributed by atoms with Gasteiger partial charge in [0.2, 0.25) is 21.8 Å².